The number of benzene rings is 1. The van der Waals surface area contributed by atoms with E-state index in [1.807, 2.05) is 11.4 Å². The minimum Gasteiger partial charge on any atom is -0.349 e. The molecule has 1 saturated heterocycles. The predicted molar refractivity (Wildman–Crippen MR) is 102 cm³/mol. The molecule has 1 aromatic heterocycles. The molecule has 5 nitrogen and oxygen atoms in total. The first-order valence-electron chi connectivity index (χ1n) is 8.21. The molecule has 25 heavy (non-hydrogen) atoms. The number of anilines is 1. The van der Waals surface area contributed by atoms with Crippen molar-refractivity contribution in [2.24, 2.45) is 0 Å². The van der Waals surface area contributed by atoms with Crippen molar-refractivity contribution in [2.45, 2.75) is 31.8 Å². The van der Waals surface area contributed by atoms with Crippen molar-refractivity contribution in [3.8, 4) is 0 Å². The minimum absolute atomic E-state index is 0.151. The Morgan fingerprint density at radius 3 is 2.84 bits per heavy atom. The number of hydrogen-bond donors (Lipinski definition) is 3. The summed E-state index contributed by atoms with van der Waals surface area (Å²) in [5.74, 6) is -0.385. The van der Waals surface area contributed by atoms with E-state index in [1.54, 1.807) is 24.3 Å². The Morgan fingerprint density at radius 2 is 2.12 bits per heavy atom. The van der Waals surface area contributed by atoms with Gasteiger partial charge >= 0.3 is 0 Å². The van der Waals surface area contributed by atoms with Crippen LogP contribution in [-0.4, -0.2) is 30.4 Å². The second-order valence-corrected chi connectivity index (χ2v) is 7.53. The molecule has 3 N–H and O–H groups in total. The van der Waals surface area contributed by atoms with Crippen molar-refractivity contribution in [3.05, 3.63) is 51.2 Å². The van der Waals surface area contributed by atoms with Crippen LogP contribution in [0.3, 0.4) is 0 Å². The number of piperidine rings is 1. The molecule has 1 aliphatic heterocycles. The van der Waals surface area contributed by atoms with Gasteiger partial charge in [0.25, 0.3) is 11.8 Å². The van der Waals surface area contributed by atoms with Gasteiger partial charge in [0.15, 0.2) is 0 Å². The maximum atomic E-state index is 12.5. The van der Waals surface area contributed by atoms with E-state index < -0.39 is 0 Å². The highest BCUT2D eigenvalue weighted by Crippen LogP contribution is 2.24. The van der Waals surface area contributed by atoms with Crippen LogP contribution >= 0.6 is 22.9 Å². The van der Waals surface area contributed by atoms with Crippen LogP contribution in [0.2, 0.25) is 5.02 Å². The molecular weight excluding hydrogens is 358 g/mol. The Bertz CT molecular complexity index is 764. The molecule has 2 amide bonds. The largest absolute Gasteiger partial charge is 0.349 e. The lowest BCUT2D eigenvalue weighted by Crippen LogP contribution is -2.46. The summed E-state index contributed by atoms with van der Waals surface area (Å²) in [6.45, 7) is 3.01. The smallest absolute Gasteiger partial charge is 0.265 e. The summed E-state index contributed by atoms with van der Waals surface area (Å²) in [6.07, 6.45) is 1.81. The van der Waals surface area contributed by atoms with Gasteiger partial charge in [0.05, 0.1) is 15.6 Å². The van der Waals surface area contributed by atoms with Crippen LogP contribution in [0.1, 0.15) is 39.8 Å². The normalized spacial score (nSPS) is 20.1. The topological polar surface area (TPSA) is 70.2 Å². The lowest BCUT2D eigenvalue weighted by molar-refractivity contribution is 0.0924. The molecule has 1 aromatic carbocycles. The minimum atomic E-state index is -0.235. The number of thiophene rings is 1. The van der Waals surface area contributed by atoms with Gasteiger partial charge in [-0.05, 0) is 56.0 Å². The van der Waals surface area contributed by atoms with E-state index in [9.17, 15) is 9.59 Å². The van der Waals surface area contributed by atoms with E-state index in [0.717, 1.165) is 19.4 Å². The average molecular weight is 378 g/mol. The third kappa shape index (κ3) is 4.60. The fraction of sp³-hybridized carbons (Fsp3) is 0.333. The second-order valence-electron chi connectivity index (χ2n) is 6.18. The molecular formula is C18H20ClN3O2S. The van der Waals surface area contributed by atoms with Gasteiger partial charge in [-0.1, -0.05) is 17.7 Å². The summed E-state index contributed by atoms with van der Waals surface area (Å²) in [5, 5.41) is 11.4. The Morgan fingerprint density at radius 1 is 1.28 bits per heavy atom. The third-order valence-electron chi connectivity index (χ3n) is 4.18. The van der Waals surface area contributed by atoms with Crippen LogP contribution in [0.25, 0.3) is 0 Å². The lowest BCUT2D eigenvalue weighted by atomic mass is 10.00. The Hall–Kier alpha value is -1.89. The summed E-state index contributed by atoms with van der Waals surface area (Å²) in [4.78, 5) is 25.3. The van der Waals surface area contributed by atoms with Crippen molar-refractivity contribution in [2.75, 3.05) is 11.9 Å². The van der Waals surface area contributed by atoms with E-state index in [4.69, 9.17) is 11.6 Å². The molecule has 7 heteroatoms. The molecule has 3 rings (SSSR count). The summed E-state index contributed by atoms with van der Waals surface area (Å²) in [7, 11) is 0. The number of rotatable bonds is 4. The Kier molecular flexibility index (Phi) is 5.73. The van der Waals surface area contributed by atoms with Gasteiger partial charge in [-0.15, -0.1) is 11.3 Å². The van der Waals surface area contributed by atoms with Crippen molar-refractivity contribution in [3.63, 3.8) is 0 Å². The summed E-state index contributed by atoms with van der Waals surface area (Å²) >= 11 is 7.52. The van der Waals surface area contributed by atoms with Crippen LogP contribution in [0.5, 0.6) is 0 Å². The summed E-state index contributed by atoms with van der Waals surface area (Å²) < 4.78 is 0. The molecule has 0 spiro atoms. The van der Waals surface area contributed by atoms with Gasteiger partial charge in [0, 0.05) is 17.6 Å². The summed E-state index contributed by atoms with van der Waals surface area (Å²) in [5.41, 5.74) is 0.920. The first kappa shape index (κ1) is 17.9. The van der Waals surface area contributed by atoms with Crippen molar-refractivity contribution < 1.29 is 9.59 Å². The molecule has 1 fully saturated rings. The zero-order chi connectivity index (χ0) is 17.8. The standard InChI is InChI=1S/C18H20ClN3O2S/c1-11-9-13(6-7-20-11)21-17(23)12-4-5-14(19)15(10-12)22-18(24)16-3-2-8-25-16/h2-5,8,10-11,13,20H,6-7,9H2,1H3,(H,21,23)(H,22,24). The Balaban J connectivity index is 1.70. The fourth-order valence-corrected chi connectivity index (χ4v) is 3.67. The molecule has 2 heterocycles. The molecule has 0 aliphatic carbocycles. The van der Waals surface area contributed by atoms with E-state index in [-0.39, 0.29) is 17.9 Å². The number of amides is 2. The van der Waals surface area contributed by atoms with E-state index >= 15 is 0 Å². The number of halogens is 1. The Labute approximate surface area is 155 Å². The van der Waals surface area contributed by atoms with Gasteiger partial charge in [-0.2, -0.15) is 0 Å². The van der Waals surface area contributed by atoms with E-state index in [1.165, 1.54) is 11.3 Å². The molecule has 1 aliphatic rings. The quantitative estimate of drug-likeness (QED) is 0.763. The van der Waals surface area contributed by atoms with Crippen LogP contribution in [-0.2, 0) is 0 Å². The maximum absolute atomic E-state index is 12.5. The van der Waals surface area contributed by atoms with Gasteiger partial charge in [-0.3, -0.25) is 9.59 Å². The number of hydrogen-bond acceptors (Lipinski definition) is 4. The van der Waals surface area contributed by atoms with Crippen molar-refractivity contribution in [1.29, 1.82) is 0 Å². The van der Waals surface area contributed by atoms with Crippen LogP contribution in [0, 0.1) is 0 Å². The fourth-order valence-electron chi connectivity index (χ4n) is 2.89. The highest BCUT2D eigenvalue weighted by atomic mass is 35.5. The molecule has 132 valence electrons. The van der Waals surface area contributed by atoms with Gasteiger partial charge in [-0.25, -0.2) is 0 Å². The van der Waals surface area contributed by atoms with Gasteiger partial charge in [0.2, 0.25) is 0 Å². The molecule has 2 unspecified atom stereocenters. The number of carbonyl (C=O) groups excluding carboxylic acids is 2. The third-order valence-corrected chi connectivity index (χ3v) is 5.38. The van der Waals surface area contributed by atoms with E-state index in [2.05, 4.69) is 22.9 Å². The lowest BCUT2D eigenvalue weighted by Gasteiger charge is -2.28. The van der Waals surface area contributed by atoms with Crippen molar-refractivity contribution >= 4 is 40.4 Å². The highest BCUT2D eigenvalue weighted by Gasteiger charge is 2.21. The zero-order valence-electron chi connectivity index (χ0n) is 13.8. The number of carbonyl (C=O) groups is 2. The second kappa shape index (κ2) is 7.99. The van der Waals surface area contributed by atoms with Crippen LogP contribution in [0.15, 0.2) is 35.7 Å². The molecule has 0 saturated carbocycles. The highest BCUT2D eigenvalue weighted by molar-refractivity contribution is 7.12. The number of nitrogens with one attached hydrogen (secondary N) is 3. The van der Waals surface area contributed by atoms with Gasteiger partial charge < -0.3 is 16.0 Å². The zero-order valence-corrected chi connectivity index (χ0v) is 15.4. The first-order chi connectivity index (χ1) is 12.0. The molecule has 0 bridgehead atoms. The molecule has 2 aromatic rings. The first-order valence-corrected chi connectivity index (χ1v) is 9.47. The molecule has 0 radical (unpaired) electrons. The SMILES string of the molecule is CC1CC(NC(=O)c2ccc(Cl)c(NC(=O)c3cccs3)c2)CCN1. The maximum Gasteiger partial charge on any atom is 0.265 e. The monoisotopic (exact) mass is 377 g/mol. The average Bonchev–Trinajstić information content (AvgIpc) is 3.11. The molecule has 2 atom stereocenters. The van der Waals surface area contributed by atoms with Crippen LogP contribution < -0.4 is 16.0 Å². The van der Waals surface area contributed by atoms with Crippen molar-refractivity contribution in [1.82, 2.24) is 10.6 Å². The summed E-state index contributed by atoms with van der Waals surface area (Å²) in [6, 6.07) is 9.02. The van der Waals surface area contributed by atoms with Gasteiger partial charge in [0.1, 0.15) is 0 Å². The van der Waals surface area contributed by atoms with E-state index in [0.29, 0.717) is 27.2 Å². The van der Waals surface area contributed by atoms with Crippen LogP contribution in [0.4, 0.5) is 5.69 Å². The predicted octanol–water partition coefficient (Wildman–Crippen LogP) is 3.52.